The first kappa shape index (κ1) is 27.9. The third kappa shape index (κ3) is 6.84. The smallest absolute Gasteiger partial charge is 0.229 e. The molecule has 0 aliphatic rings. The summed E-state index contributed by atoms with van der Waals surface area (Å²) in [5, 5.41) is 6.30. The molecule has 3 rings (SSSR count). The number of rotatable bonds is 10. The van der Waals surface area contributed by atoms with E-state index in [1.807, 2.05) is 0 Å². The Bertz CT molecular complexity index is 1290. The third-order valence-corrected chi connectivity index (χ3v) is 5.34. The Morgan fingerprint density at radius 3 is 2.14 bits per heavy atom. The lowest BCUT2D eigenvalue weighted by Gasteiger charge is -2.17. The van der Waals surface area contributed by atoms with Gasteiger partial charge in [0.1, 0.15) is 10.8 Å². The van der Waals surface area contributed by atoms with Gasteiger partial charge < -0.3 is 29.6 Å². The fourth-order valence-electron chi connectivity index (χ4n) is 3.01. The molecule has 3 N–H and O–H groups in total. The van der Waals surface area contributed by atoms with E-state index in [4.69, 9.17) is 30.5 Å². The first-order valence-electron chi connectivity index (χ1n) is 9.70. The standard InChI is InChI=1S/C21H24ClN5O6S.ClH/c1-30-12-6-7-14(16(10-12)27-34(5,28)29)24-20-13(22)11-23-21(26-20)25-15-8-9-17(31-2)19(33-4)18(15)32-3;/h6-11,27H,1-5H3,(H2,23,24,25,26);1H. The van der Waals surface area contributed by atoms with E-state index in [0.29, 0.717) is 34.4 Å². The second kappa shape index (κ2) is 11.9. The summed E-state index contributed by atoms with van der Waals surface area (Å²) >= 11 is 6.30. The molecule has 0 amide bonds. The van der Waals surface area contributed by atoms with Crippen molar-refractivity contribution < 1.29 is 27.4 Å². The Hall–Kier alpha value is -3.35. The molecule has 0 aliphatic heterocycles. The molecule has 2 aromatic carbocycles. The summed E-state index contributed by atoms with van der Waals surface area (Å²) in [6.07, 6.45) is 2.45. The molecule has 0 atom stereocenters. The van der Waals surface area contributed by atoms with Gasteiger partial charge in [0.25, 0.3) is 0 Å². The van der Waals surface area contributed by atoms with Gasteiger partial charge in [-0.3, -0.25) is 4.72 Å². The zero-order chi connectivity index (χ0) is 24.9. The van der Waals surface area contributed by atoms with Crippen molar-refractivity contribution in [2.45, 2.75) is 0 Å². The number of benzene rings is 2. The number of hydrogen-bond acceptors (Lipinski definition) is 10. The predicted octanol–water partition coefficient (Wildman–Crippen LogP) is 4.44. The minimum absolute atomic E-state index is 0. The Morgan fingerprint density at radius 2 is 1.54 bits per heavy atom. The van der Waals surface area contributed by atoms with Crippen molar-refractivity contribution in [3.63, 3.8) is 0 Å². The van der Waals surface area contributed by atoms with Crippen LogP contribution in [0.25, 0.3) is 0 Å². The molecule has 190 valence electrons. The number of anilines is 5. The fraction of sp³-hybridized carbons (Fsp3) is 0.238. The number of aromatic nitrogens is 2. The van der Waals surface area contributed by atoms with Crippen LogP contribution >= 0.6 is 24.0 Å². The maximum atomic E-state index is 11.8. The summed E-state index contributed by atoms with van der Waals surface area (Å²) in [5.74, 6) is 2.19. The molecule has 0 spiro atoms. The number of sulfonamides is 1. The SMILES string of the molecule is COc1ccc(Nc2nc(Nc3ccc(OC)c(OC)c3OC)ncc2Cl)c(NS(C)(=O)=O)c1.Cl. The highest BCUT2D eigenvalue weighted by molar-refractivity contribution is 7.92. The monoisotopic (exact) mass is 545 g/mol. The molecule has 0 saturated carbocycles. The van der Waals surface area contributed by atoms with Crippen LogP contribution in [0.3, 0.4) is 0 Å². The van der Waals surface area contributed by atoms with Crippen molar-refractivity contribution in [1.29, 1.82) is 0 Å². The first-order valence-corrected chi connectivity index (χ1v) is 12.0. The number of halogens is 2. The molecule has 35 heavy (non-hydrogen) atoms. The molecule has 11 nitrogen and oxygen atoms in total. The molecule has 0 unspecified atom stereocenters. The Morgan fingerprint density at radius 1 is 0.857 bits per heavy atom. The number of methoxy groups -OCH3 is 4. The van der Waals surface area contributed by atoms with Crippen molar-refractivity contribution in [2.24, 2.45) is 0 Å². The minimum atomic E-state index is -3.56. The molecule has 0 bridgehead atoms. The third-order valence-electron chi connectivity index (χ3n) is 4.47. The van der Waals surface area contributed by atoms with E-state index in [1.165, 1.54) is 40.7 Å². The highest BCUT2D eigenvalue weighted by atomic mass is 35.5. The van der Waals surface area contributed by atoms with Gasteiger partial charge in [0.05, 0.1) is 58.0 Å². The summed E-state index contributed by atoms with van der Waals surface area (Å²) in [5.41, 5.74) is 1.19. The van der Waals surface area contributed by atoms with Gasteiger partial charge in [-0.2, -0.15) is 4.98 Å². The van der Waals surface area contributed by atoms with Gasteiger partial charge in [-0.05, 0) is 24.3 Å². The van der Waals surface area contributed by atoms with Crippen LogP contribution in [0.5, 0.6) is 23.0 Å². The van der Waals surface area contributed by atoms with Gasteiger partial charge in [-0.25, -0.2) is 13.4 Å². The highest BCUT2D eigenvalue weighted by Gasteiger charge is 2.18. The normalized spacial score (nSPS) is 10.6. The van der Waals surface area contributed by atoms with Crippen molar-refractivity contribution in [1.82, 2.24) is 9.97 Å². The Balaban J connectivity index is 0.00000432. The van der Waals surface area contributed by atoms with Gasteiger partial charge in [0.15, 0.2) is 17.3 Å². The van der Waals surface area contributed by atoms with E-state index in [0.717, 1.165) is 6.26 Å². The lowest BCUT2D eigenvalue weighted by Crippen LogP contribution is -2.11. The molecular weight excluding hydrogens is 521 g/mol. The highest BCUT2D eigenvalue weighted by Crippen LogP contribution is 2.43. The summed E-state index contributed by atoms with van der Waals surface area (Å²) < 4.78 is 47.4. The predicted molar refractivity (Wildman–Crippen MR) is 138 cm³/mol. The quantitative estimate of drug-likeness (QED) is 0.335. The Labute approximate surface area is 214 Å². The van der Waals surface area contributed by atoms with Crippen LogP contribution in [0.1, 0.15) is 0 Å². The van der Waals surface area contributed by atoms with Crippen LogP contribution in [0.4, 0.5) is 28.8 Å². The number of hydrogen-bond donors (Lipinski definition) is 3. The summed E-state index contributed by atoms with van der Waals surface area (Å²) in [6.45, 7) is 0. The molecule has 1 heterocycles. The topological polar surface area (TPSA) is 133 Å². The van der Waals surface area contributed by atoms with Crippen LogP contribution in [0.15, 0.2) is 36.5 Å². The number of nitrogens with one attached hydrogen (secondary N) is 3. The van der Waals surface area contributed by atoms with Crippen LogP contribution < -0.4 is 34.3 Å². The van der Waals surface area contributed by atoms with E-state index < -0.39 is 10.0 Å². The van der Waals surface area contributed by atoms with Crippen LogP contribution in [0, 0.1) is 0 Å². The van der Waals surface area contributed by atoms with E-state index in [9.17, 15) is 8.42 Å². The minimum Gasteiger partial charge on any atom is -0.497 e. The molecule has 0 radical (unpaired) electrons. The number of nitrogens with zero attached hydrogens (tertiary/aromatic N) is 2. The fourth-order valence-corrected chi connectivity index (χ4v) is 3.71. The molecule has 1 aromatic heterocycles. The average Bonchev–Trinajstić information content (AvgIpc) is 2.80. The zero-order valence-electron chi connectivity index (χ0n) is 19.5. The molecule has 0 saturated heterocycles. The summed E-state index contributed by atoms with van der Waals surface area (Å²) in [7, 11) is 2.45. The van der Waals surface area contributed by atoms with Gasteiger partial charge >= 0.3 is 0 Å². The van der Waals surface area contributed by atoms with Crippen molar-refractivity contribution >= 4 is 62.9 Å². The van der Waals surface area contributed by atoms with E-state index in [2.05, 4.69) is 25.3 Å². The van der Waals surface area contributed by atoms with Gasteiger partial charge in [0.2, 0.25) is 21.7 Å². The lowest BCUT2D eigenvalue weighted by atomic mass is 10.2. The molecule has 0 aliphatic carbocycles. The zero-order valence-corrected chi connectivity index (χ0v) is 21.9. The van der Waals surface area contributed by atoms with Crippen LogP contribution in [-0.4, -0.2) is 53.1 Å². The summed E-state index contributed by atoms with van der Waals surface area (Å²) in [6, 6.07) is 8.27. The summed E-state index contributed by atoms with van der Waals surface area (Å²) in [4.78, 5) is 8.62. The second-order valence-corrected chi connectivity index (χ2v) is 8.96. The Kier molecular flexibility index (Phi) is 9.46. The molecule has 14 heteroatoms. The second-order valence-electron chi connectivity index (χ2n) is 6.81. The maximum Gasteiger partial charge on any atom is 0.229 e. The molecule has 3 aromatic rings. The van der Waals surface area contributed by atoms with Crippen molar-refractivity contribution in [3.05, 3.63) is 41.6 Å². The van der Waals surface area contributed by atoms with E-state index in [-0.39, 0.29) is 34.9 Å². The van der Waals surface area contributed by atoms with Gasteiger partial charge in [0, 0.05) is 6.07 Å². The van der Waals surface area contributed by atoms with Gasteiger partial charge in [-0.1, -0.05) is 11.6 Å². The lowest BCUT2D eigenvalue weighted by molar-refractivity contribution is 0.325. The average molecular weight is 546 g/mol. The van der Waals surface area contributed by atoms with E-state index in [1.54, 1.807) is 24.3 Å². The largest absolute Gasteiger partial charge is 0.497 e. The number of ether oxygens (including phenoxy) is 4. The maximum absolute atomic E-state index is 11.8. The van der Waals surface area contributed by atoms with E-state index >= 15 is 0 Å². The van der Waals surface area contributed by atoms with Crippen molar-refractivity contribution in [3.8, 4) is 23.0 Å². The van der Waals surface area contributed by atoms with Crippen LogP contribution in [0.2, 0.25) is 5.02 Å². The first-order chi connectivity index (χ1) is 16.2. The van der Waals surface area contributed by atoms with Gasteiger partial charge in [-0.15, -0.1) is 12.4 Å². The van der Waals surface area contributed by atoms with Crippen molar-refractivity contribution in [2.75, 3.05) is 50.1 Å². The molecular formula is C21H25Cl2N5O6S. The van der Waals surface area contributed by atoms with Crippen LogP contribution in [-0.2, 0) is 10.0 Å². The molecule has 0 fully saturated rings.